The van der Waals surface area contributed by atoms with Crippen molar-refractivity contribution in [3.8, 4) is 0 Å². The van der Waals surface area contributed by atoms with E-state index < -0.39 is 0 Å². The van der Waals surface area contributed by atoms with Gasteiger partial charge in [0, 0.05) is 23.1 Å². The summed E-state index contributed by atoms with van der Waals surface area (Å²) in [5.74, 6) is 0. The van der Waals surface area contributed by atoms with Crippen LogP contribution in [0.25, 0.3) is 0 Å². The Morgan fingerprint density at radius 1 is 1.20 bits per heavy atom. The van der Waals surface area contributed by atoms with Crippen molar-refractivity contribution < 1.29 is 0 Å². The number of alkyl halides is 1. The zero-order valence-electron chi connectivity index (χ0n) is 12.0. The summed E-state index contributed by atoms with van der Waals surface area (Å²) in [6, 6.07) is 14.8. The third kappa shape index (κ3) is 3.18. The lowest BCUT2D eigenvalue weighted by atomic mass is 10.0. The molecule has 1 atom stereocenters. The fourth-order valence-electron chi connectivity index (χ4n) is 2.40. The van der Waals surface area contributed by atoms with Gasteiger partial charge in [-0.2, -0.15) is 0 Å². The first-order chi connectivity index (χ1) is 9.54. The Morgan fingerprint density at radius 3 is 2.55 bits per heavy atom. The largest absolute Gasteiger partial charge is 0.368 e. The van der Waals surface area contributed by atoms with Gasteiger partial charge in [-0.3, -0.25) is 0 Å². The van der Waals surface area contributed by atoms with Crippen molar-refractivity contribution in [3.63, 3.8) is 0 Å². The quantitative estimate of drug-likeness (QED) is 0.634. The average Bonchev–Trinajstić information content (AvgIpc) is 2.46. The van der Waals surface area contributed by atoms with Gasteiger partial charge in [0.05, 0.1) is 6.04 Å². The third-order valence-corrected chi connectivity index (χ3v) is 4.64. The predicted molar refractivity (Wildman–Crippen MR) is 92.1 cm³/mol. The van der Waals surface area contributed by atoms with E-state index >= 15 is 0 Å². The molecule has 0 radical (unpaired) electrons. The summed E-state index contributed by atoms with van der Waals surface area (Å²) >= 11 is 9.89. The summed E-state index contributed by atoms with van der Waals surface area (Å²) in [7, 11) is 2.12. The van der Waals surface area contributed by atoms with Crippen LogP contribution in [0.1, 0.15) is 29.7 Å². The first-order valence-electron chi connectivity index (χ1n) is 6.67. The molecular weight excluding hydrogens is 334 g/mol. The van der Waals surface area contributed by atoms with Gasteiger partial charge in [-0.15, -0.1) is 0 Å². The molecule has 2 aromatic carbocycles. The summed E-state index contributed by atoms with van der Waals surface area (Å²) < 4.78 is 0. The van der Waals surface area contributed by atoms with Gasteiger partial charge in [-0.25, -0.2) is 0 Å². The Bertz CT molecular complexity index is 597. The van der Waals surface area contributed by atoms with Crippen LogP contribution in [0.4, 0.5) is 5.69 Å². The third-order valence-electron chi connectivity index (χ3n) is 3.70. The highest BCUT2D eigenvalue weighted by Crippen LogP contribution is 2.32. The smallest absolute Gasteiger partial charge is 0.0525 e. The molecule has 0 spiro atoms. The molecule has 0 aliphatic heterocycles. The molecule has 0 saturated heterocycles. The van der Waals surface area contributed by atoms with Gasteiger partial charge < -0.3 is 4.90 Å². The predicted octanol–water partition coefficient (Wildman–Crippen LogP) is 5.74. The molecule has 0 bridgehead atoms. The van der Waals surface area contributed by atoms with Gasteiger partial charge >= 0.3 is 0 Å². The Labute approximate surface area is 134 Å². The van der Waals surface area contributed by atoms with Crippen LogP contribution in [-0.4, -0.2) is 7.05 Å². The van der Waals surface area contributed by atoms with Crippen molar-refractivity contribution in [2.75, 3.05) is 11.9 Å². The Kier molecular flexibility index (Phi) is 5.11. The minimum atomic E-state index is 0.226. The van der Waals surface area contributed by atoms with Crippen LogP contribution in [-0.2, 0) is 5.33 Å². The van der Waals surface area contributed by atoms with Crippen molar-refractivity contribution in [1.82, 2.24) is 0 Å². The Morgan fingerprint density at radius 2 is 1.90 bits per heavy atom. The van der Waals surface area contributed by atoms with Crippen LogP contribution in [0.5, 0.6) is 0 Å². The molecule has 0 amide bonds. The Balaban J connectivity index is 2.36. The van der Waals surface area contributed by atoms with E-state index in [0.29, 0.717) is 0 Å². The van der Waals surface area contributed by atoms with E-state index in [1.165, 1.54) is 16.8 Å². The molecule has 0 aliphatic carbocycles. The summed E-state index contributed by atoms with van der Waals surface area (Å²) in [5.41, 5.74) is 4.96. The van der Waals surface area contributed by atoms with Crippen LogP contribution in [0.15, 0.2) is 42.5 Å². The maximum atomic E-state index is 6.31. The maximum Gasteiger partial charge on any atom is 0.0525 e. The van der Waals surface area contributed by atoms with E-state index in [4.69, 9.17) is 11.6 Å². The highest BCUT2D eigenvalue weighted by atomic mass is 79.9. The van der Waals surface area contributed by atoms with Gasteiger partial charge in [0.25, 0.3) is 0 Å². The molecule has 2 aromatic rings. The molecule has 0 saturated carbocycles. The zero-order chi connectivity index (χ0) is 14.7. The average molecular weight is 353 g/mol. The number of nitrogens with zero attached hydrogens (tertiary/aromatic N) is 1. The summed E-state index contributed by atoms with van der Waals surface area (Å²) in [4.78, 5) is 2.28. The number of aryl methyl sites for hydroxylation is 1. The normalized spacial score (nSPS) is 12.2. The van der Waals surface area contributed by atoms with Crippen LogP contribution in [0.3, 0.4) is 0 Å². The first-order valence-corrected chi connectivity index (χ1v) is 8.17. The molecule has 0 aromatic heterocycles. The van der Waals surface area contributed by atoms with Gasteiger partial charge in [0.1, 0.15) is 0 Å². The van der Waals surface area contributed by atoms with E-state index in [-0.39, 0.29) is 6.04 Å². The standard InChI is InChI=1S/C17H19BrClN/c1-12-8-9-17(14(10-12)11-18)20(3)13(2)15-6-4-5-7-16(15)19/h4-10,13H,11H2,1-3H3. The van der Waals surface area contributed by atoms with E-state index in [9.17, 15) is 0 Å². The zero-order valence-corrected chi connectivity index (χ0v) is 14.4. The number of anilines is 1. The second kappa shape index (κ2) is 6.64. The van der Waals surface area contributed by atoms with E-state index in [1.54, 1.807) is 0 Å². The van der Waals surface area contributed by atoms with Crippen molar-refractivity contribution in [2.24, 2.45) is 0 Å². The molecule has 20 heavy (non-hydrogen) atoms. The summed E-state index contributed by atoms with van der Waals surface area (Å²) in [6.45, 7) is 4.30. The molecule has 0 aliphatic rings. The van der Waals surface area contributed by atoms with Crippen LogP contribution in [0, 0.1) is 6.92 Å². The molecule has 0 N–H and O–H groups in total. The Hall–Kier alpha value is -0.990. The molecule has 0 heterocycles. The second-order valence-corrected chi connectivity index (χ2v) is 6.04. The van der Waals surface area contributed by atoms with E-state index in [0.717, 1.165) is 15.9 Å². The molecular formula is C17H19BrClN. The SMILES string of the molecule is Cc1ccc(N(C)C(C)c2ccccc2Cl)c(CBr)c1. The number of hydrogen-bond donors (Lipinski definition) is 0. The van der Waals surface area contributed by atoms with Gasteiger partial charge in [-0.05, 0) is 37.1 Å². The van der Waals surface area contributed by atoms with Gasteiger partial charge in [0.15, 0.2) is 0 Å². The molecule has 1 unspecified atom stereocenters. The summed E-state index contributed by atoms with van der Waals surface area (Å²) in [5, 5.41) is 1.67. The van der Waals surface area contributed by atoms with Crippen molar-refractivity contribution in [1.29, 1.82) is 0 Å². The number of hydrogen-bond acceptors (Lipinski definition) is 1. The minimum Gasteiger partial charge on any atom is -0.368 e. The highest BCUT2D eigenvalue weighted by Gasteiger charge is 2.17. The molecule has 2 rings (SSSR count). The lowest BCUT2D eigenvalue weighted by Crippen LogP contribution is -2.23. The lowest BCUT2D eigenvalue weighted by Gasteiger charge is -2.30. The van der Waals surface area contributed by atoms with Crippen LogP contribution >= 0.6 is 27.5 Å². The molecule has 1 nitrogen and oxygen atoms in total. The number of rotatable bonds is 4. The first kappa shape index (κ1) is 15.4. The van der Waals surface area contributed by atoms with Crippen molar-refractivity contribution in [3.05, 3.63) is 64.2 Å². The minimum absolute atomic E-state index is 0.226. The second-order valence-electron chi connectivity index (χ2n) is 5.07. The highest BCUT2D eigenvalue weighted by molar-refractivity contribution is 9.08. The van der Waals surface area contributed by atoms with Crippen molar-refractivity contribution >= 4 is 33.2 Å². The maximum absolute atomic E-state index is 6.31. The summed E-state index contributed by atoms with van der Waals surface area (Å²) in [6.07, 6.45) is 0. The lowest BCUT2D eigenvalue weighted by molar-refractivity contribution is 0.737. The molecule has 3 heteroatoms. The number of halogens is 2. The fourth-order valence-corrected chi connectivity index (χ4v) is 3.14. The fraction of sp³-hybridized carbons (Fsp3) is 0.294. The topological polar surface area (TPSA) is 3.24 Å². The van der Waals surface area contributed by atoms with Gasteiger partial charge in [-0.1, -0.05) is 63.4 Å². The van der Waals surface area contributed by atoms with Gasteiger partial charge in [0.2, 0.25) is 0 Å². The number of benzene rings is 2. The molecule has 106 valence electrons. The van der Waals surface area contributed by atoms with Crippen molar-refractivity contribution in [2.45, 2.75) is 25.2 Å². The van der Waals surface area contributed by atoms with Crippen LogP contribution < -0.4 is 4.90 Å². The molecule has 0 fully saturated rings. The van der Waals surface area contributed by atoms with E-state index in [1.807, 2.05) is 18.2 Å². The van der Waals surface area contributed by atoms with E-state index in [2.05, 4.69) is 66.0 Å². The van der Waals surface area contributed by atoms with Crippen LogP contribution in [0.2, 0.25) is 5.02 Å². The monoisotopic (exact) mass is 351 g/mol.